The molecule has 0 aromatic heterocycles. The summed E-state index contributed by atoms with van der Waals surface area (Å²) in [6, 6.07) is 11.1. The number of ether oxygens (including phenoxy) is 1. The summed E-state index contributed by atoms with van der Waals surface area (Å²) in [7, 11) is 0. The highest BCUT2D eigenvalue weighted by atomic mass is 19.1. The van der Waals surface area contributed by atoms with Crippen LogP contribution >= 0.6 is 0 Å². The molecule has 5 heteroatoms. The Hall–Kier alpha value is -2.43. The molecule has 1 atom stereocenters. The monoisotopic (exact) mass is 303 g/mol. The molecule has 0 fully saturated rings. The van der Waals surface area contributed by atoms with Gasteiger partial charge in [0.1, 0.15) is 22.9 Å². The Morgan fingerprint density at radius 3 is 2.64 bits per heavy atom. The quantitative estimate of drug-likeness (QED) is 0.947. The predicted octanol–water partition coefficient (Wildman–Crippen LogP) is 2.95. The van der Waals surface area contributed by atoms with Crippen molar-refractivity contribution in [3.8, 4) is 5.75 Å². The molecule has 3 nitrogen and oxygen atoms in total. The number of rotatable bonds is 3. The van der Waals surface area contributed by atoms with E-state index in [4.69, 9.17) is 4.74 Å². The maximum absolute atomic E-state index is 13.5. The minimum absolute atomic E-state index is 0.0775. The molecular formula is C17H15F2NO2. The first-order chi connectivity index (χ1) is 10.6. The highest BCUT2D eigenvalue weighted by molar-refractivity contribution is 5.94. The maximum Gasteiger partial charge on any atom is 0.257 e. The Bertz CT molecular complexity index is 683. The minimum atomic E-state index is -0.859. The molecule has 1 aliphatic heterocycles. The molecule has 1 N–H and O–H groups in total. The van der Waals surface area contributed by atoms with E-state index in [0.717, 1.165) is 29.9 Å². The van der Waals surface area contributed by atoms with Crippen molar-refractivity contribution in [2.75, 3.05) is 13.2 Å². The van der Waals surface area contributed by atoms with Gasteiger partial charge in [-0.3, -0.25) is 4.79 Å². The maximum atomic E-state index is 13.5. The van der Waals surface area contributed by atoms with Gasteiger partial charge in [-0.1, -0.05) is 24.3 Å². The fourth-order valence-corrected chi connectivity index (χ4v) is 2.56. The molecule has 114 valence electrons. The molecule has 0 bridgehead atoms. The summed E-state index contributed by atoms with van der Waals surface area (Å²) in [4.78, 5) is 11.9. The standard InChI is InChI=1S/C17H15F2NO2/c18-13-5-3-6-14(19)16(13)17(21)20-9-11-8-12-4-1-2-7-15(12)22-10-11/h1-7,11H,8-10H2,(H,20,21). The van der Waals surface area contributed by atoms with Crippen molar-refractivity contribution < 1.29 is 18.3 Å². The second kappa shape index (κ2) is 6.13. The van der Waals surface area contributed by atoms with Gasteiger partial charge in [0.2, 0.25) is 0 Å². The van der Waals surface area contributed by atoms with Gasteiger partial charge >= 0.3 is 0 Å². The van der Waals surface area contributed by atoms with Gasteiger partial charge in [0, 0.05) is 12.5 Å². The number of carbonyl (C=O) groups is 1. The van der Waals surface area contributed by atoms with Crippen LogP contribution in [0.3, 0.4) is 0 Å². The third-order valence-corrected chi connectivity index (χ3v) is 3.70. The van der Waals surface area contributed by atoms with E-state index >= 15 is 0 Å². The number of amides is 1. The molecule has 1 heterocycles. The number of benzene rings is 2. The van der Waals surface area contributed by atoms with Crippen LogP contribution in [-0.4, -0.2) is 19.1 Å². The van der Waals surface area contributed by atoms with Crippen LogP contribution in [0, 0.1) is 17.6 Å². The zero-order valence-electron chi connectivity index (χ0n) is 11.8. The first kappa shape index (κ1) is 14.5. The largest absolute Gasteiger partial charge is 0.493 e. The lowest BCUT2D eigenvalue weighted by Crippen LogP contribution is -2.35. The first-order valence-corrected chi connectivity index (χ1v) is 7.08. The topological polar surface area (TPSA) is 38.3 Å². The third kappa shape index (κ3) is 2.93. The lowest BCUT2D eigenvalue weighted by molar-refractivity contribution is 0.0930. The van der Waals surface area contributed by atoms with Crippen molar-refractivity contribution in [3.63, 3.8) is 0 Å². The van der Waals surface area contributed by atoms with E-state index in [1.54, 1.807) is 0 Å². The number of carbonyl (C=O) groups excluding carboxylic acids is 1. The summed E-state index contributed by atoms with van der Waals surface area (Å²) in [6.07, 6.45) is 0.760. The zero-order valence-corrected chi connectivity index (χ0v) is 11.8. The zero-order chi connectivity index (χ0) is 15.5. The van der Waals surface area contributed by atoms with Crippen LogP contribution in [0.5, 0.6) is 5.75 Å². The minimum Gasteiger partial charge on any atom is -0.493 e. The lowest BCUT2D eigenvalue weighted by atomic mass is 9.96. The van der Waals surface area contributed by atoms with Crippen LogP contribution in [0.2, 0.25) is 0 Å². The molecule has 0 saturated carbocycles. The Morgan fingerprint density at radius 2 is 1.86 bits per heavy atom. The predicted molar refractivity (Wildman–Crippen MR) is 77.8 cm³/mol. The Balaban J connectivity index is 1.63. The van der Waals surface area contributed by atoms with E-state index in [9.17, 15) is 13.6 Å². The van der Waals surface area contributed by atoms with Crippen molar-refractivity contribution in [2.24, 2.45) is 5.92 Å². The summed E-state index contributed by atoms with van der Waals surface area (Å²) in [5, 5.41) is 2.58. The molecule has 0 radical (unpaired) electrons. The average Bonchev–Trinajstić information content (AvgIpc) is 2.52. The van der Waals surface area contributed by atoms with Crippen LogP contribution in [0.1, 0.15) is 15.9 Å². The van der Waals surface area contributed by atoms with E-state index in [2.05, 4.69) is 5.32 Å². The van der Waals surface area contributed by atoms with E-state index in [-0.39, 0.29) is 5.92 Å². The van der Waals surface area contributed by atoms with Gasteiger partial charge < -0.3 is 10.1 Å². The number of hydrogen-bond donors (Lipinski definition) is 1. The number of para-hydroxylation sites is 1. The molecule has 0 aliphatic carbocycles. The van der Waals surface area contributed by atoms with Gasteiger partial charge in [-0.2, -0.15) is 0 Å². The Kier molecular flexibility index (Phi) is 4.04. The molecule has 0 saturated heterocycles. The van der Waals surface area contributed by atoms with Crippen molar-refractivity contribution in [1.82, 2.24) is 5.32 Å². The first-order valence-electron chi connectivity index (χ1n) is 7.08. The highest BCUT2D eigenvalue weighted by Crippen LogP contribution is 2.26. The summed E-state index contributed by atoms with van der Waals surface area (Å²) >= 11 is 0. The molecule has 2 aromatic rings. The Labute approximate surface area is 126 Å². The van der Waals surface area contributed by atoms with Crippen molar-refractivity contribution in [1.29, 1.82) is 0 Å². The molecule has 3 rings (SSSR count). The Morgan fingerprint density at radius 1 is 1.14 bits per heavy atom. The lowest BCUT2D eigenvalue weighted by Gasteiger charge is -2.25. The summed E-state index contributed by atoms with van der Waals surface area (Å²) in [5.41, 5.74) is 0.532. The van der Waals surface area contributed by atoms with Crippen LogP contribution in [0.4, 0.5) is 8.78 Å². The number of nitrogens with one attached hydrogen (secondary N) is 1. The van der Waals surface area contributed by atoms with Crippen LogP contribution in [0.25, 0.3) is 0 Å². The average molecular weight is 303 g/mol. The van der Waals surface area contributed by atoms with E-state index in [0.29, 0.717) is 13.2 Å². The van der Waals surface area contributed by atoms with Crippen LogP contribution in [0.15, 0.2) is 42.5 Å². The molecule has 22 heavy (non-hydrogen) atoms. The van der Waals surface area contributed by atoms with Crippen molar-refractivity contribution >= 4 is 5.91 Å². The molecule has 1 amide bonds. The summed E-state index contributed by atoms with van der Waals surface area (Å²) < 4.78 is 32.7. The second-order valence-corrected chi connectivity index (χ2v) is 5.30. The van der Waals surface area contributed by atoms with E-state index < -0.39 is 23.1 Å². The highest BCUT2D eigenvalue weighted by Gasteiger charge is 2.22. The molecule has 1 aliphatic rings. The van der Waals surface area contributed by atoms with Gasteiger partial charge in [0.15, 0.2) is 0 Å². The summed E-state index contributed by atoms with van der Waals surface area (Å²) in [5.74, 6) is -1.53. The molecule has 0 spiro atoms. The third-order valence-electron chi connectivity index (χ3n) is 3.70. The van der Waals surface area contributed by atoms with Gasteiger partial charge in [-0.25, -0.2) is 8.78 Å². The van der Waals surface area contributed by atoms with E-state index in [1.165, 1.54) is 6.07 Å². The smallest absolute Gasteiger partial charge is 0.257 e. The molecular weight excluding hydrogens is 288 g/mol. The van der Waals surface area contributed by atoms with Gasteiger partial charge in [-0.05, 0) is 30.2 Å². The van der Waals surface area contributed by atoms with Crippen LogP contribution in [-0.2, 0) is 6.42 Å². The van der Waals surface area contributed by atoms with Crippen molar-refractivity contribution in [3.05, 3.63) is 65.2 Å². The number of hydrogen-bond acceptors (Lipinski definition) is 2. The van der Waals surface area contributed by atoms with Crippen molar-refractivity contribution in [2.45, 2.75) is 6.42 Å². The fourth-order valence-electron chi connectivity index (χ4n) is 2.56. The van der Waals surface area contributed by atoms with Gasteiger partial charge in [0.05, 0.1) is 6.61 Å². The van der Waals surface area contributed by atoms with Gasteiger partial charge in [0.25, 0.3) is 5.91 Å². The van der Waals surface area contributed by atoms with Gasteiger partial charge in [-0.15, -0.1) is 0 Å². The molecule has 1 unspecified atom stereocenters. The van der Waals surface area contributed by atoms with E-state index in [1.807, 2.05) is 24.3 Å². The summed E-state index contributed by atoms with van der Waals surface area (Å²) in [6.45, 7) is 0.776. The normalized spacial score (nSPS) is 16.5. The number of halogens is 2. The number of fused-ring (bicyclic) bond motifs is 1. The fraction of sp³-hybridized carbons (Fsp3) is 0.235. The second-order valence-electron chi connectivity index (χ2n) is 5.30. The molecule has 2 aromatic carbocycles. The van der Waals surface area contributed by atoms with Crippen LogP contribution < -0.4 is 10.1 Å². The SMILES string of the molecule is O=C(NCC1COc2ccccc2C1)c1c(F)cccc1F.